The second-order valence-corrected chi connectivity index (χ2v) is 6.76. The lowest BCUT2D eigenvalue weighted by Gasteiger charge is -2.42. The van der Waals surface area contributed by atoms with Crippen molar-refractivity contribution >= 4 is 5.91 Å². The first-order chi connectivity index (χ1) is 11.1. The van der Waals surface area contributed by atoms with Crippen LogP contribution < -0.4 is 5.32 Å². The van der Waals surface area contributed by atoms with Gasteiger partial charge in [-0.25, -0.2) is 0 Å². The average molecular weight is 314 g/mol. The van der Waals surface area contributed by atoms with E-state index in [-0.39, 0.29) is 17.4 Å². The molecule has 0 radical (unpaired) electrons. The lowest BCUT2D eigenvalue weighted by atomic mass is 9.75. The number of aryl methyl sites for hydroxylation is 1. The first-order valence-electron chi connectivity index (χ1n) is 8.19. The molecule has 0 bridgehead atoms. The minimum atomic E-state index is -0.111. The smallest absolute Gasteiger partial charge is 0.221 e. The number of amides is 1. The highest BCUT2D eigenvalue weighted by atomic mass is 16.3. The summed E-state index contributed by atoms with van der Waals surface area (Å²) >= 11 is 0. The Morgan fingerprint density at radius 2 is 2.26 bits per heavy atom. The maximum absolute atomic E-state index is 12.1. The van der Waals surface area contributed by atoms with Gasteiger partial charge in [0.25, 0.3) is 0 Å². The quantitative estimate of drug-likeness (QED) is 0.936. The summed E-state index contributed by atoms with van der Waals surface area (Å²) in [7, 11) is 1.92. The summed E-state index contributed by atoms with van der Waals surface area (Å²) in [6.45, 7) is 2.78. The van der Waals surface area contributed by atoms with Gasteiger partial charge in [-0.05, 0) is 30.5 Å². The standard InChI is InChI=1S/C17H22N4O2/c1-20-11-13(10-18-20)15-9-16(22)19-17(15)4-6-21(7-5-17)12-14-3-2-8-23-14/h2-3,8,10-11,15H,4-7,9,12H2,1H3,(H,19,22)/t15-/m1/s1. The molecule has 0 saturated carbocycles. The lowest BCUT2D eigenvalue weighted by molar-refractivity contribution is -0.120. The zero-order valence-electron chi connectivity index (χ0n) is 13.4. The van der Waals surface area contributed by atoms with Gasteiger partial charge < -0.3 is 9.73 Å². The van der Waals surface area contributed by atoms with E-state index in [0.717, 1.165) is 38.2 Å². The normalized spacial score (nSPS) is 24.2. The highest BCUT2D eigenvalue weighted by molar-refractivity contribution is 5.81. The van der Waals surface area contributed by atoms with Crippen molar-refractivity contribution in [2.45, 2.75) is 37.3 Å². The summed E-state index contributed by atoms with van der Waals surface area (Å²) in [5, 5.41) is 7.56. The highest BCUT2D eigenvalue weighted by Crippen LogP contribution is 2.43. The molecule has 0 aliphatic carbocycles. The fourth-order valence-electron chi connectivity index (χ4n) is 4.06. The van der Waals surface area contributed by atoms with E-state index in [4.69, 9.17) is 4.42 Å². The Morgan fingerprint density at radius 3 is 2.91 bits per heavy atom. The van der Waals surface area contributed by atoms with Crippen LogP contribution in [0.15, 0.2) is 35.2 Å². The number of furan rings is 1. The number of nitrogens with one attached hydrogen (secondary N) is 1. The summed E-state index contributed by atoms with van der Waals surface area (Å²) in [6, 6.07) is 3.94. The van der Waals surface area contributed by atoms with Crippen LogP contribution in [0, 0.1) is 0 Å². The first-order valence-corrected chi connectivity index (χ1v) is 8.19. The van der Waals surface area contributed by atoms with Crippen LogP contribution in [0.1, 0.15) is 36.5 Å². The van der Waals surface area contributed by atoms with E-state index in [2.05, 4.69) is 15.3 Å². The molecular weight excluding hydrogens is 292 g/mol. The van der Waals surface area contributed by atoms with Crippen molar-refractivity contribution in [1.29, 1.82) is 0 Å². The van der Waals surface area contributed by atoms with Crippen LogP contribution in [0.25, 0.3) is 0 Å². The molecule has 2 aliphatic heterocycles. The molecule has 6 heteroatoms. The number of hydrogen-bond donors (Lipinski definition) is 1. The lowest BCUT2D eigenvalue weighted by Crippen LogP contribution is -2.53. The predicted molar refractivity (Wildman–Crippen MR) is 84.7 cm³/mol. The topological polar surface area (TPSA) is 63.3 Å². The van der Waals surface area contributed by atoms with Gasteiger partial charge in [0.1, 0.15) is 5.76 Å². The van der Waals surface area contributed by atoms with Gasteiger partial charge in [-0.15, -0.1) is 0 Å². The summed E-state index contributed by atoms with van der Waals surface area (Å²) in [4.78, 5) is 14.5. The molecule has 2 fully saturated rings. The molecule has 0 unspecified atom stereocenters. The molecule has 1 atom stereocenters. The van der Waals surface area contributed by atoms with Gasteiger partial charge in [0, 0.05) is 44.2 Å². The molecule has 2 saturated heterocycles. The van der Waals surface area contributed by atoms with Crippen molar-refractivity contribution < 1.29 is 9.21 Å². The van der Waals surface area contributed by atoms with Gasteiger partial charge >= 0.3 is 0 Å². The van der Waals surface area contributed by atoms with Crippen LogP contribution in [-0.2, 0) is 18.4 Å². The Morgan fingerprint density at radius 1 is 1.43 bits per heavy atom. The number of likely N-dealkylation sites (tertiary alicyclic amines) is 1. The molecule has 2 aromatic rings. The van der Waals surface area contributed by atoms with Gasteiger partial charge in [0.05, 0.1) is 19.0 Å². The monoisotopic (exact) mass is 314 g/mol. The molecule has 23 heavy (non-hydrogen) atoms. The average Bonchev–Trinajstić information content (AvgIpc) is 3.24. The number of rotatable bonds is 3. The van der Waals surface area contributed by atoms with E-state index >= 15 is 0 Å². The van der Waals surface area contributed by atoms with Crippen molar-refractivity contribution in [2.24, 2.45) is 7.05 Å². The van der Waals surface area contributed by atoms with Gasteiger partial charge in [-0.2, -0.15) is 5.10 Å². The number of nitrogens with zero attached hydrogens (tertiary/aromatic N) is 3. The van der Waals surface area contributed by atoms with Crippen molar-refractivity contribution in [1.82, 2.24) is 20.0 Å². The Bertz CT molecular complexity index is 683. The minimum absolute atomic E-state index is 0.111. The molecule has 2 aromatic heterocycles. The third-order valence-corrected chi connectivity index (χ3v) is 5.28. The SMILES string of the molecule is Cn1cc([C@H]2CC(=O)NC23CCN(Cc2ccco2)CC3)cn1. The molecule has 4 rings (SSSR count). The molecule has 122 valence electrons. The summed E-state index contributed by atoms with van der Waals surface area (Å²) in [5.74, 6) is 1.40. The predicted octanol–water partition coefficient (Wildman–Crippen LogP) is 1.65. The molecule has 1 spiro atoms. The second kappa shape index (κ2) is 5.53. The molecular formula is C17H22N4O2. The third kappa shape index (κ3) is 2.67. The molecule has 4 heterocycles. The largest absolute Gasteiger partial charge is 0.468 e. The summed E-state index contributed by atoms with van der Waals surface area (Å²) < 4.78 is 7.26. The number of hydrogen-bond acceptors (Lipinski definition) is 4. The van der Waals surface area contributed by atoms with Crippen LogP contribution in [0.2, 0.25) is 0 Å². The van der Waals surface area contributed by atoms with Crippen LogP contribution in [0.3, 0.4) is 0 Å². The second-order valence-electron chi connectivity index (χ2n) is 6.76. The Balaban J connectivity index is 1.48. The maximum atomic E-state index is 12.1. The van der Waals surface area contributed by atoms with Gasteiger partial charge in [0.2, 0.25) is 5.91 Å². The Hall–Kier alpha value is -2.08. The molecule has 1 amide bonds. The highest BCUT2D eigenvalue weighted by Gasteiger charge is 2.49. The molecule has 2 aliphatic rings. The summed E-state index contributed by atoms with van der Waals surface area (Å²) in [6.07, 6.45) is 8.18. The van der Waals surface area contributed by atoms with Crippen molar-refractivity contribution in [3.8, 4) is 0 Å². The van der Waals surface area contributed by atoms with E-state index in [0.29, 0.717) is 6.42 Å². The Kier molecular flexibility index (Phi) is 3.49. The van der Waals surface area contributed by atoms with E-state index in [1.54, 1.807) is 6.26 Å². The van der Waals surface area contributed by atoms with E-state index < -0.39 is 0 Å². The van der Waals surface area contributed by atoms with Gasteiger partial charge in [-0.1, -0.05) is 0 Å². The third-order valence-electron chi connectivity index (χ3n) is 5.28. The molecule has 6 nitrogen and oxygen atoms in total. The number of carbonyl (C=O) groups excluding carboxylic acids is 1. The zero-order valence-corrected chi connectivity index (χ0v) is 13.4. The van der Waals surface area contributed by atoms with Crippen LogP contribution in [0.5, 0.6) is 0 Å². The number of carbonyl (C=O) groups is 1. The minimum Gasteiger partial charge on any atom is -0.468 e. The fourth-order valence-corrected chi connectivity index (χ4v) is 4.06. The van der Waals surface area contributed by atoms with E-state index in [9.17, 15) is 4.79 Å². The van der Waals surface area contributed by atoms with Gasteiger partial charge in [0.15, 0.2) is 0 Å². The summed E-state index contributed by atoms with van der Waals surface area (Å²) in [5.41, 5.74) is 1.06. The maximum Gasteiger partial charge on any atom is 0.221 e. The van der Waals surface area contributed by atoms with Crippen molar-refractivity contribution in [3.05, 3.63) is 42.1 Å². The zero-order chi connectivity index (χ0) is 15.9. The Labute approximate surface area is 135 Å². The fraction of sp³-hybridized carbons (Fsp3) is 0.529. The van der Waals surface area contributed by atoms with E-state index in [1.807, 2.05) is 36.3 Å². The van der Waals surface area contributed by atoms with Gasteiger partial charge in [-0.3, -0.25) is 14.4 Å². The van der Waals surface area contributed by atoms with Crippen LogP contribution in [0.4, 0.5) is 0 Å². The van der Waals surface area contributed by atoms with Crippen LogP contribution in [-0.4, -0.2) is 39.2 Å². The number of piperidine rings is 1. The van der Waals surface area contributed by atoms with E-state index in [1.165, 1.54) is 5.56 Å². The molecule has 1 N–H and O–H groups in total. The first kappa shape index (κ1) is 14.5. The van der Waals surface area contributed by atoms with Crippen molar-refractivity contribution in [3.63, 3.8) is 0 Å². The van der Waals surface area contributed by atoms with Crippen LogP contribution >= 0.6 is 0 Å². The molecule has 0 aromatic carbocycles. The number of aromatic nitrogens is 2. The van der Waals surface area contributed by atoms with Crippen molar-refractivity contribution in [2.75, 3.05) is 13.1 Å².